The zero-order valence-corrected chi connectivity index (χ0v) is 19.5. The summed E-state index contributed by atoms with van der Waals surface area (Å²) in [5.41, 5.74) is 6.88. The molecule has 1 aliphatic rings. The number of ether oxygens (including phenoxy) is 2. The monoisotopic (exact) mass is 442 g/mol. The van der Waals surface area contributed by atoms with E-state index in [1.807, 2.05) is 45.3 Å². The maximum atomic E-state index is 12.1. The van der Waals surface area contributed by atoms with Gasteiger partial charge >= 0.3 is 5.97 Å². The number of aryl methyl sites for hydroxylation is 2. The maximum absolute atomic E-state index is 12.1. The van der Waals surface area contributed by atoms with Crippen molar-refractivity contribution in [1.82, 2.24) is 4.90 Å². The summed E-state index contributed by atoms with van der Waals surface area (Å²) < 4.78 is 11.2. The third-order valence-corrected chi connectivity index (χ3v) is 5.70. The smallest absolute Gasteiger partial charge is 0.338 e. The van der Waals surface area contributed by atoms with Crippen LogP contribution < -0.4 is 4.74 Å². The molecule has 0 amide bonds. The molecule has 1 heterocycles. The van der Waals surface area contributed by atoms with Gasteiger partial charge in [-0.1, -0.05) is 36.4 Å². The van der Waals surface area contributed by atoms with Gasteiger partial charge in [0.2, 0.25) is 0 Å². The number of likely N-dealkylation sites (N-methyl/N-ethyl adjacent to an activating group) is 1. The van der Waals surface area contributed by atoms with Crippen LogP contribution in [0.3, 0.4) is 0 Å². The van der Waals surface area contributed by atoms with Crippen molar-refractivity contribution in [3.8, 4) is 5.75 Å². The molecule has 33 heavy (non-hydrogen) atoms. The molecule has 5 heteroatoms. The Labute approximate surface area is 195 Å². The molecule has 3 aromatic rings. The molecule has 0 unspecified atom stereocenters. The zero-order valence-electron chi connectivity index (χ0n) is 19.5. The van der Waals surface area contributed by atoms with Gasteiger partial charge in [-0.15, -0.1) is 0 Å². The minimum atomic E-state index is -0.314. The highest BCUT2D eigenvalue weighted by atomic mass is 16.5. The highest BCUT2D eigenvalue weighted by Gasteiger charge is 2.18. The number of para-hydroxylation sites is 1. The second-order valence-electron chi connectivity index (χ2n) is 8.36. The lowest BCUT2D eigenvalue weighted by atomic mass is 9.91. The van der Waals surface area contributed by atoms with E-state index in [-0.39, 0.29) is 5.97 Å². The van der Waals surface area contributed by atoms with E-state index in [0.717, 1.165) is 47.7 Å². The van der Waals surface area contributed by atoms with Crippen LogP contribution >= 0.6 is 0 Å². The molecule has 3 aromatic carbocycles. The highest BCUT2D eigenvalue weighted by molar-refractivity contribution is 6.15. The molecule has 0 N–H and O–H groups in total. The maximum Gasteiger partial charge on any atom is 0.338 e. The summed E-state index contributed by atoms with van der Waals surface area (Å²) in [4.78, 5) is 19.3. The van der Waals surface area contributed by atoms with Gasteiger partial charge in [-0.2, -0.15) is 0 Å². The summed E-state index contributed by atoms with van der Waals surface area (Å²) >= 11 is 0. The van der Waals surface area contributed by atoms with Gasteiger partial charge < -0.3 is 14.4 Å². The van der Waals surface area contributed by atoms with Crippen molar-refractivity contribution < 1.29 is 14.3 Å². The molecule has 0 saturated carbocycles. The Morgan fingerprint density at radius 3 is 2.48 bits per heavy atom. The average Bonchev–Trinajstić information content (AvgIpc) is 2.81. The fourth-order valence-corrected chi connectivity index (χ4v) is 3.91. The van der Waals surface area contributed by atoms with Crippen molar-refractivity contribution >= 4 is 17.4 Å². The van der Waals surface area contributed by atoms with Gasteiger partial charge in [0, 0.05) is 17.7 Å². The van der Waals surface area contributed by atoms with Crippen LogP contribution in [0.25, 0.3) is 0 Å². The first-order valence-electron chi connectivity index (χ1n) is 11.4. The molecule has 4 rings (SSSR count). The zero-order chi connectivity index (χ0) is 23.2. The van der Waals surface area contributed by atoms with Gasteiger partial charge in [-0.25, -0.2) is 9.79 Å². The summed E-state index contributed by atoms with van der Waals surface area (Å²) in [7, 11) is 4.07. The van der Waals surface area contributed by atoms with Crippen molar-refractivity contribution in [2.45, 2.75) is 19.8 Å². The first-order chi connectivity index (χ1) is 16.0. The SMILES string of the molecule is CCOC(=O)c1ccc(C2=Nc3ccccc3CCc3ccc(OCCN(C)C)cc32)cc1. The number of aliphatic imine (C=N–C) groups is 1. The largest absolute Gasteiger partial charge is 0.492 e. The van der Waals surface area contributed by atoms with Crippen LogP contribution in [0.4, 0.5) is 5.69 Å². The van der Waals surface area contributed by atoms with Crippen LogP contribution in [0, 0.1) is 0 Å². The molecule has 0 saturated heterocycles. The van der Waals surface area contributed by atoms with E-state index < -0.39 is 0 Å². The number of carbonyl (C=O) groups is 1. The molecule has 0 spiro atoms. The number of carbonyl (C=O) groups excluding carboxylic acids is 1. The van der Waals surface area contributed by atoms with E-state index in [1.165, 1.54) is 11.1 Å². The molecule has 0 aromatic heterocycles. The van der Waals surface area contributed by atoms with Crippen molar-refractivity contribution in [2.75, 3.05) is 33.9 Å². The Bertz CT molecular complexity index is 1150. The van der Waals surface area contributed by atoms with Gasteiger partial charge in [0.05, 0.1) is 23.6 Å². The summed E-state index contributed by atoms with van der Waals surface area (Å²) in [6, 6.07) is 22.1. The molecule has 170 valence electrons. The van der Waals surface area contributed by atoms with E-state index >= 15 is 0 Å². The van der Waals surface area contributed by atoms with Crippen LogP contribution in [-0.2, 0) is 17.6 Å². The van der Waals surface area contributed by atoms with E-state index in [1.54, 1.807) is 12.1 Å². The van der Waals surface area contributed by atoms with Gasteiger partial charge in [0.1, 0.15) is 12.4 Å². The summed E-state index contributed by atoms with van der Waals surface area (Å²) in [5, 5.41) is 0. The lowest BCUT2D eigenvalue weighted by Gasteiger charge is -2.19. The normalized spacial score (nSPS) is 12.8. The molecule has 0 aliphatic carbocycles. The van der Waals surface area contributed by atoms with Crippen molar-refractivity contribution in [3.63, 3.8) is 0 Å². The van der Waals surface area contributed by atoms with Gasteiger partial charge in [0.15, 0.2) is 0 Å². The molecular weight excluding hydrogens is 412 g/mol. The minimum Gasteiger partial charge on any atom is -0.492 e. The predicted octanol–water partition coefficient (Wildman–Crippen LogP) is 5.07. The Balaban J connectivity index is 1.76. The number of hydrogen-bond donors (Lipinski definition) is 0. The molecule has 0 radical (unpaired) electrons. The molecule has 0 fully saturated rings. The fourth-order valence-electron chi connectivity index (χ4n) is 3.91. The summed E-state index contributed by atoms with van der Waals surface area (Å²) in [5.74, 6) is 0.520. The third kappa shape index (κ3) is 5.49. The van der Waals surface area contributed by atoms with Crippen LogP contribution in [0.5, 0.6) is 5.75 Å². The van der Waals surface area contributed by atoms with E-state index in [0.29, 0.717) is 18.8 Å². The van der Waals surface area contributed by atoms with Gasteiger partial charge in [0.25, 0.3) is 0 Å². The standard InChI is InChI=1S/C28H30N2O3/c1-4-32-28(31)23-13-11-22(12-14-23)27-25-19-24(33-18-17-30(2)3)16-15-20(25)9-10-21-7-5-6-8-26(21)29-27/h5-8,11-16,19H,4,9-10,17-18H2,1-3H3. The van der Waals surface area contributed by atoms with Crippen LogP contribution in [-0.4, -0.2) is 50.4 Å². The summed E-state index contributed by atoms with van der Waals surface area (Å²) in [6.07, 6.45) is 1.85. The first kappa shape index (κ1) is 22.7. The minimum absolute atomic E-state index is 0.314. The lowest BCUT2D eigenvalue weighted by molar-refractivity contribution is 0.0526. The second-order valence-corrected chi connectivity index (χ2v) is 8.36. The molecule has 1 aliphatic heterocycles. The fraction of sp³-hybridized carbons (Fsp3) is 0.286. The molecule has 0 atom stereocenters. The van der Waals surface area contributed by atoms with Crippen molar-refractivity contribution in [1.29, 1.82) is 0 Å². The molecule has 0 bridgehead atoms. The van der Waals surface area contributed by atoms with Crippen LogP contribution in [0.2, 0.25) is 0 Å². The average molecular weight is 443 g/mol. The second kappa shape index (κ2) is 10.5. The van der Waals surface area contributed by atoms with E-state index in [9.17, 15) is 4.79 Å². The third-order valence-electron chi connectivity index (χ3n) is 5.70. The number of rotatable bonds is 7. The van der Waals surface area contributed by atoms with Gasteiger partial charge in [-0.05, 0) is 75.3 Å². The topological polar surface area (TPSA) is 51.1 Å². The van der Waals surface area contributed by atoms with Crippen molar-refractivity contribution in [3.05, 3.63) is 94.5 Å². The van der Waals surface area contributed by atoms with Crippen molar-refractivity contribution in [2.24, 2.45) is 4.99 Å². The number of nitrogens with zero attached hydrogens (tertiary/aromatic N) is 2. The number of esters is 1. The van der Waals surface area contributed by atoms with Crippen LogP contribution in [0.1, 0.15) is 39.5 Å². The molecular formula is C28H30N2O3. The summed E-state index contributed by atoms with van der Waals surface area (Å²) in [6.45, 7) is 3.63. The Morgan fingerprint density at radius 1 is 0.970 bits per heavy atom. The van der Waals surface area contributed by atoms with Gasteiger partial charge in [-0.3, -0.25) is 0 Å². The number of fused-ring (bicyclic) bond motifs is 2. The Morgan fingerprint density at radius 2 is 1.73 bits per heavy atom. The first-order valence-corrected chi connectivity index (χ1v) is 11.4. The van der Waals surface area contributed by atoms with E-state index in [4.69, 9.17) is 14.5 Å². The highest BCUT2D eigenvalue weighted by Crippen LogP contribution is 2.30. The van der Waals surface area contributed by atoms with Crippen LogP contribution in [0.15, 0.2) is 71.7 Å². The predicted molar refractivity (Wildman–Crippen MR) is 132 cm³/mol. The number of benzene rings is 3. The quantitative estimate of drug-likeness (QED) is 0.479. The lowest BCUT2D eigenvalue weighted by Crippen LogP contribution is -2.19. The number of hydrogen-bond acceptors (Lipinski definition) is 5. The Kier molecular flexibility index (Phi) is 7.20. The molecule has 5 nitrogen and oxygen atoms in total. The Hall–Kier alpha value is -3.44. The van der Waals surface area contributed by atoms with E-state index in [2.05, 4.69) is 35.2 Å².